The Labute approximate surface area is 390 Å². The molecule has 1 amide bonds. The molecule has 0 aromatic rings. The molecule has 1 aliphatic carbocycles. The van der Waals surface area contributed by atoms with Gasteiger partial charge in [0.1, 0.15) is 24.0 Å². The smallest absolute Gasteiger partial charge is 0.329 e. The van der Waals surface area contributed by atoms with Crippen LogP contribution in [0, 0.1) is 47.3 Å². The number of rotatable bonds is 6. The molecule has 15 atom stereocenters. The van der Waals surface area contributed by atoms with E-state index in [9.17, 15) is 29.1 Å². The summed E-state index contributed by atoms with van der Waals surface area (Å²) < 4.78 is 30.1. The van der Waals surface area contributed by atoms with Crippen molar-refractivity contribution in [1.29, 1.82) is 0 Å². The van der Waals surface area contributed by atoms with Gasteiger partial charge in [0, 0.05) is 64.4 Å². The average Bonchev–Trinajstić information content (AvgIpc) is 3.28. The van der Waals surface area contributed by atoms with E-state index in [0.717, 1.165) is 30.4 Å². The zero-order valence-electron chi connectivity index (χ0n) is 41.7. The summed E-state index contributed by atoms with van der Waals surface area (Å²) in [7, 11) is 4.90. The first-order valence-corrected chi connectivity index (χ1v) is 24.6. The van der Waals surface area contributed by atoms with Crippen molar-refractivity contribution in [2.75, 3.05) is 27.9 Å². The van der Waals surface area contributed by atoms with E-state index in [1.165, 1.54) is 4.90 Å². The molecule has 12 nitrogen and oxygen atoms in total. The first kappa shape index (κ1) is 54.3. The number of aliphatic hydroxyl groups is 1. The zero-order chi connectivity index (χ0) is 48.2. The summed E-state index contributed by atoms with van der Waals surface area (Å²) in [6.07, 6.45) is 16.4. The second kappa shape index (κ2) is 25.2. The number of carbonyl (C=O) groups excluding carboxylic acids is 5. The number of ether oxygens (including phenoxy) is 5. The summed E-state index contributed by atoms with van der Waals surface area (Å²) in [5.41, 5.74) is 1.77. The van der Waals surface area contributed by atoms with Gasteiger partial charge in [-0.2, -0.15) is 0 Å². The van der Waals surface area contributed by atoms with E-state index in [1.807, 2.05) is 71.9 Å². The highest BCUT2D eigenvalue weighted by Crippen LogP contribution is 2.38. The predicted molar refractivity (Wildman–Crippen MR) is 251 cm³/mol. The SMILES string of the molecule is CO[C@H]1C[C@@H]2CC[C@@H](C)[C@@](O)(O2)C(=O)C(=O)N2CCCC[C@H]2C(=O)O[C@H]([C@H](C)C[C@@H]2CC[C@@H](C)[C@H](OC)C2)CC(=O)[C@H](C)/C=C(\C)[C@@H](C)[C@@H](OC)C(=O)[C@H](C)C[C@H](C)/C=C/C=CC=C1C. The Morgan fingerprint density at radius 2 is 1.55 bits per heavy atom. The molecule has 0 aromatic carbocycles. The molecule has 2 saturated heterocycles. The van der Waals surface area contributed by atoms with Crippen LogP contribution in [0.3, 0.4) is 0 Å². The summed E-state index contributed by atoms with van der Waals surface area (Å²) in [5.74, 6) is -6.38. The maximum absolute atomic E-state index is 14.4. The van der Waals surface area contributed by atoms with E-state index >= 15 is 0 Å². The number of ketones is 3. The molecule has 4 aliphatic rings. The van der Waals surface area contributed by atoms with Gasteiger partial charge in [0.2, 0.25) is 5.79 Å². The Morgan fingerprint density at radius 1 is 0.831 bits per heavy atom. The maximum Gasteiger partial charge on any atom is 0.329 e. The van der Waals surface area contributed by atoms with Crippen LogP contribution in [0.15, 0.2) is 47.6 Å². The van der Waals surface area contributed by atoms with Crippen LogP contribution in [0.2, 0.25) is 0 Å². The number of piperidine rings is 1. The van der Waals surface area contributed by atoms with Crippen molar-refractivity contribution in [3.05, 3.63) is 47.6 Å². The lowest BCUT2D eigenvalue weighted by molar-refractivity contribution is -0.265. The number of nitrogens with zero attached hydrogens (tertiary/aromatic N) is 1. The van der Waals surface area contributed by atoms with Gasteiger partial charge < -0.3 is 33.7 Å². The van der Waals surface area contributed by atoms with Gasteiger partial charge in [-0.3, -0.25) is 19.2 Å². The number of allylic oxidation sites excluding steroid dienone is 6. The standard InChI is InChI=1S/C53H83NO11/c1-32-18-14-13-15-19-33(2)46(62-11)30-42-24-22-39(8)53(60,65-42)50(57)51(58)54-25-17-16-20-43(54)52(59)64-47(37(6)28-41-23-21-34(3)45(29-41)61-10)31-44(55)36(5)27-35(4)40(9)49(63-12)48(56)38(7)26-32/h13-15,18-19,27,32,34,36-43,45-47,49,60H,16-17,20-26,28-31H2,1-12H3/b15-13?,18-14+,33-19?,35-27+/t32-,34-,36-,37-,38-,39-,40-,41+,42+,43+,45-,46+,47+,49-,53-/m1/s1. The molecule has 12 heteroatoms. The van der Waals surface area contributed by atoms with E-state index in [2.05, 4.69) is 19.9 Å². The molecule has 1 N–H and O–H groups in total. The van der Waals surface area contributed by atoms with Crippen molar-refractivity contribution in [1.82, 2.24) is 4.90 Å². The molecule has 1 saturated carbocycles. The van der Waals surface area contributed by atoms with Gasteiger partial charge in [-0.1, -0.05) is 90.5 Å². The highest BCUT2D eigenvalue weighted by molar-refractivity contribution is 6.39. The number of hydrogen-bond acceptors (Lipinski definition) is 11. The first-order chi connectivity index (χ1) is 30.7. The van der Waals surface area contributed by atoms with Crippen LogP contribution in [-0.4, -0.2) is 109 Å². The molecule has 0 spiro atoms. The number of carbonyl (C=O) groups is 5. The predicted octanol–water partition coefficient (Wildman–Crippen LogP) is 8.73. The number of esters is 1. The second-order valence-corrected chi connectivity index (χ2v) is 20.3. The fourth-order valence-electron chi connectivity index (χ4n) is 10.6. The van der Waals surface area contributed by atoms with Crippen LogP contribution in [0.5, 0.6) is 0 Å². The van der Waals surface area contributed by atoms with Crippen molar-refractivity contribution in [3.63, 3.8) is 0 Å². The van der Waals surface area contributed by atoms with Gasteiger partial charge in [-0.25, -0.2) is 4.79 Å². The molecule has 2 bridgehead atoms. The normalized spacial score (nSPS) is 39.1. The van der Waals surface area contributed by atoms with E-state index in [1.54, 1.807) is 28.3 Å². The van der Waals surface area contributed by atoms with E-state index in [-0.39, 0.29) is 66.8 Å². The Kier molecular flexibility index (Phi) is 21.0. The van der Waals surface area contributed by atoms with Gasteiger partial charge >= 0.3 is 5.97 Å². The molecule has 0 radical (unpaired) electrons. The van der Waals surface area contributed by atoms with Crippen molar-refractivity contribution in [2.45, 2.75) is 182 Å². The molecule has 3 heterocycles. The minimum absolute atomic E-state index is 0.0102. The van der Waals surface area contributed by atoms with Gasteiger partial charge in [0.15, 0.2) is 5.78 Å². The van der Waals surface area contributed by atoms with Crippen LogP contribution in [-0.2, 0) is 47.7 Å². The summed E-state index contributed by atoms with van der Waals surface area (Å²) in [4.78, 5) is 72.3. The molecule has 3 fully saturated rings. The van der Waals surface area contributed by atoms with Crippen molar-refractivity contribution in [2.24, 2.45) is 47.3 Å². The molecule has 3 aliphatic heterocycles. The minimum Gasteiger partial charge on any atom is -0.460 e. The molecule has 0 aromatic heterocycles. The third-order valence-corrected chi connectivity index (χ3v) is 15.3. The monoisotopic (exact) mass is 910 g/mol. The lowest BCUT2D eigenvalue weighted by Gasteiger charge is -2.42. The van der Waals surface area contributed by atoms with Crippen molar-refractivity contribution >= 4 is 29.2 Å². The molecule has 366 valence electrons. The molecule has 65 heavy (non-hydrogen) atoms. The number of cyclic esters (lactones) is 1. The number of fused-ring (bicyclic) bond motifs is 3. The van der Waals surface area contributed by atoms with Gasteiger partial charge in [-0.05, 0) is 107 Å². The van der Waals surface area contributed by atoms with Crippen LogP contribution in [0.4, 0.5) is 0 Å². The second-order valence-electron chi connectivity index (χ2n) is 20.3. The highest BCUT2D eigenvalue weighted by Gasteiger charge is 2.53. The average molecular weight is 910 g/mol. The summed E-state index contributed by atoms with van der Waals surface area (Å²) in [6.45, 7) is 17.7. The van der Waals surface area contributed by atoms with Crippen LogP contribution in [0.1, 0.15) is 139 Å². The summed E-state index contributed by atoms with van der Waals surface area (Å²) in [5, 5.41) is 12.0. The minimum atomic E-state index is -2.39. The molecule has 4 rings (SSSR count). The van der Waals surface area contributed by atoms with Gasteiger partial charge in [0.25, 0.3) is 11.7 Å². The number of methoxy groups -OCH3 is 3. The number of hydrogen-bond donors (Lipinski definition) is 1. The first-order valence-electron chi connectivity index (χ1n) is 24.6. The molecular formula is C53H83NO11. The quantitative estimate of drug-likeness (QED) is 0.155. The Hall–Kier alpha value is -3.29. The van der Waals surface area contributed by atoms with E-state index < -0.39 is 59.6 Å². The Morgan fingerprint density at radius 3 is 2.23 bits per heavy atom. The number of amides is 1. The Bertz CT molecular complexity index is 1750. The number of Topliss-reactive ketones (excluding diaryl/α,β-unsaturated/α-hetero) is 3. The maximum atomic E-state index is 14.4. The third-order valence-electron chi connectivity index (χ3n) is 15.3. The van der Waals surface area contributed by atoms with E-state index in [0.29, 0.717) is 56.8 Å². The third kappa shape index (κ3) is 14.4. The fourth-order valence-corrected chi connectivity index (χ4v) is 10.6. The summed E-state index contributed by atoms with van der Waals surface area (Å²) in [6, 6.07) is -1.07. The van der Waals surface area contributed by atoms with Crippen LogP contribution >= 0.6 is 0 Å². The van der Waals surface area contributed by atoms with E-state index in [4.69, 9.17) is 23.7 Å². The van der Waals surface area contributed by atoms with Crippen molar-refractivity contribution in [3.8, 4) is 0 Å². The summed E-state index contributed by atoms with van der Waals surface area (Å²) >= 11 is 0. The molecule has 0 unspecified atom stereocenters. The topological polar surface area (TPSA) is 155 Å². The van der Waals surface area contributed by atoms with Crippen molar-refractivity contribution < 1.29 is 52.8 Å². The van der Waals surface area contributed by atoms with Gasteiger partial charge in [-0.15, -0.1) is 0 Å². The van der Waals surface area contributed by atoms with Gasteiger partial charge in [0.05, 0.1) is 18.3 Å². The largest absolute Gasteiger partial charge is 0.460 e. The van der Waals surface area contributed by atoms with Crippen LogP contribution < -0.4 is 0 Å². The highest BCUT2D eigenvalue weighted by atomic mass is 16.6. The lowest BCUT2D eigenvalue weighted by atomic mass is 9.76. The molecular weight excluding hydrogens is 827 g/mol. The lowest BCUT2D eigenvalue weighted by Crippen LogP contribution is -2.61. The zero-order valence-corrected chi connectivity index (χ0v) is 41.7. The Balaban J connectivity index is 1.70. The van der Waals surface area contributed by atoms with Crippen LogP contribution in [0.25, 0.3) is 0 Å². The fraction of sp³-hybridized carbons (Fsp3) is 0.755.